The molecule has 1 aromatic carbocycles. The molecule has 1 aromatic rings. The predicted octanol–water partition coefficient (Wildman–Crippen LogP) is 2.44. The summed E-state index contributed by atoms with van der Waals surface area (Å²) in [5, 5.41) is 12.0. The molecule has 4 nitrogen and oxygen atoms in total. The molecule has 0 spiro atoms. The van der Waals surface area contributed by atoms with E-state index in [4.69, 9.17) is 14.7 Å². The minimum Gasteiger partial charge on any atom is -0.493 e. The molecule has 3 rings (SSSR count). The van der Waals surface area contributed by atoms with Crippen LogP contribution in [0.1, 0.15) is 24.8 Å². The van der Waals surface area contributed by atoms with E-state index in [1.165, 1.54) is 12.8 Å². The molecule has 0 radical (unpaired) electrons. The number of fused-ring (bicyclic) bond motifs is 1. The number of ether oxygens (including phenoxy) is 2. The number of oxime groups is 1. The van der Waals surface area contributed by atoms with Crippen molar-refractivity contribution < 1.29 is 14.7 Å². The van der Waals surface area contributed by atoms with Crippen molar-refractivity contribution in [1.29, 1.82) is 0 Å². The lowest BCUT2D eigenvalue weighted by Gasteiger charge is -2.06. The summed E-state index contributed by atoms with van der Waals surface area (Å²) in [7, 11) is 0. The van der Waals surface area contributed by atoms with Crippen molar-refractivity contribution in [3.63, 3.8) is 0 Å². The summed E-state index contributed by atoms with van der Waals surface area (Å²) < 4.78 is 11.1. The maximum absolute atomic E-state index is 8.77. The molecule has 1 aliphatic carbocycles. The monoisotopic (exact) mass is 233 g/mol. The van der Waals surface area contributed by atoms with Crippen LogP contribution in [0.4, 0.5) is 0 Å². The maximum atomic E-state index is 8.77. The van der Waals surface area contributed by atoms with E-state index in [2.05, 4.69) is 5.16 Å². The van der Waals surface area contributed by atoms with Gasteiger partial charge in [0.2, 0.25) is 0 Å². The molecule has 0 bridgehead atoms. The largest absolute Gasteiger partial charge is 0.493 e. The van der Waals surface area contributed by atoms with Crippen molar-refractivity contribution in [3.05, 3.63) is 23.8 Å². The van der Waals surface area contributed by atoms with Crippen LogP contribution in [0, 0.1) is 5.92 Å². The maximum Gasteiger partial charge on any atom is 0.134 e. The minimum atomic E-state index is 0.331. The zero-order valence-electron chi connectivity index (χ0n) is 9.56. The summed E-state index contributed by atoms with van der Waals surface area (Å²) in [6, 6.07) is 5.63. The van der Waals surface area contributed by atoms with Crippen LogP contribution < -0.4 is 9.47 Å². The van der Waals surface area contributed by atoms with E-state index in [9.17, 15) is 0 Å². The van der Waals surface area contributed by atoms with Gasteiger partial charge in [0.1, 0.15) is 23.8 Å². The fraction of sp³-hybridized carbons (Fsp3) is 0.462. The minimum absolute atomic E-state index is 0.331. The molecule has 1 aliphatic heterocycles. The first-order valence-electron chi connectivity index (χ1n) is 5.98. The van der Waals surface area contributed by atoms with Crippen molar-refractivity contribution in [2.24, 2.45) is 11.1 Å². The Balaban J connectivity index is 1.66. The molecule has 1 heterocycles. The van der Waals surface area contributed by atoms with Gasteiger partial charge in [0.25, 0.3) is 0 Å². The first kappa shape index (κ1) is 10.4. The molecular weight excluding hydrogens is 218 g/mol. The van der Waals surface area contributed by atoms with Gasteiger partial charge in [0.15, 0.2) is 0 Å². The molecule has 1 N–H and O–H groups in total. The highest BCUT2D eigenvalue weighted by Gasteiger charge is 2.22. The molecule has 1 saturated carbocycles. The number of rotatable bonds is 4. The molecule has 17 heavy (non-hydrogen) atoms. The fourth-order valence-electron chi connectivity index (χ4n) is 2.01. The summed E-state index contributed by atoms with van der Waals surface area (Å²) in [6.07, 6.45) is 3.85. The van der Waals surface area contributed by atoms with Crippen LogP contribution >= 0.6 is 0 Å². The van der Waals surface area contributed by atoms with E-state index in [-0.39, 0.29) is 0 Å². The third-order valence-corrected chi connectivity index (χ3v) is 3.24. The molecule has 0 atom stereocenters. The Bertz CT molecular complexity index is 452. The zero-order chi connectivity index (χ0) is 11.7. The number of hydrogen-bond donors (Lipinski definition) is 1. The standard InChI is InChI=1S/C13H15NO3/c15-14-12-8-17-13-7-10(3-4-11(12)13)16-6-5-9-1-2-9/h3-4,7,9,15H,1-2,5-6,8H2. The van der Waals surface area contributed by atoms with Gasteiger partial charge in [-0.1, -0.05) is 18.0 Å². The first-order chi connectivity index (χ1) is 8.36. The third kappa shape index (κ3) is 2.20. The van der Waals surface area contributed by atoms with E-state index in [0.717, 1.165) is 36.0 Å². The van der Waals surface area contributed by atoms with Gasteiger partial charge in [-0.3, -0.25) is 0 Å². The number of benzene rings is 1. The van der Waals surface area contributed by atoms with Gasteiger partial charge in [0.05, 0.1) is 6.61 Å². The van der Waals surface area contributed by atoms with Crippen molar-refractivity contribution in [3.8, 4) is 11.5 Å². The highest BCUT2D eigenvalue weighted by atomic mass is 16.5. The van der Waals surface area contributed by atoms with Gasteiger partial charge in [-0.15, -0.1) is 0 Å². The number of nitrogens with zero attached hydrogens (tertiary/aromatic N) is 1. The Labute approximate surface area is 99.8 Å². The smallest absolute Gasteiger partial charge is 0.134 e. The molecular formula is C13H15NO3. The van der Waals surface area contributed by atoms with E-state index >= 15 is 0 Å². The summed E-state index contributed by atoms with van der Waals surface area (Å²) in [5.74, 6) is 2.44. The first-order valence-corrected chi connectivity index (χ1v) is 5.98. The summed E-state index contributed by atoms with van der Waals surface area (Å²) in [6.45, 7) is 1.10. The van der Waals surface area contributed by atoms with Crippen LogP contribution in [0.25, 0.3) is 0 Å². The van der Waals surface area contributed by atoms with E-state index in [0.29, 0.717) is 12.3 Å². The molecule has 0 amide bonds. The summed E-state index contributed by atoms with van der Waals surface area (Å²) in [5.41, 5.74) is 1.42. The quantitative estimate of drug-likeness (QED) is 0.642. The van der Waals surface area contributed by atoms with Crippen molar-refractivity contribution in [2.75, 3.05) is 13.2 Å². The summed E-state index contributed by atoms with van der Waals surface area (Å²) >= 11 is 0. The van der Waals surface area contributed by atoms with Crippen LogP contribution in [-0.4, -0.2) is 24.1 Å². The van der Waals surface area contributed by atoms with Gasteiger partial charge in [0, 0.05) is 11.6 Å². The Morgan fingerprint density at radius 2 is 2.29 bits per heavy atom. The molecule has 0 unspecified atom stereocenters. The van der Waals surface area contributed by atoms with Gasteiger partial charge < -0.3 is 14.7 Å². The second-order valence-corrected chi connectivity index (χ2v) is 4.57. The fourth-order valence-corrected chi connectivity index (χ4v) is 2.01. The Kier molecular flexibility index (Phi) is 2.63. The second-order valence-electron chi connectivity index (χ2n) is 4.57. The molecule has 2 aliphatic rings. The SMILES string of the molecule is ON=C1COc2cc(OCCC3CC3)ccc21. The highest BCUT2D eigenvalue weighted by Crippen LogP contribution is 2.33. The normalized spacial score (nSPS) is 20.1. The number of hydrogen-bond acceptors (Lipinski definition) is 4. The van der Waals surface area contributed by atoms with Gasteiger partial charge in [-0.05, 0) is 24.5 Å². The lowest BCUT2D eigenvalue weighted by Crippen LogP contribution is -2.01. The van der Waals surface area contributed by atoms with Crippen LogP contribution in [0.5, 0.6) is 11.5 Å². The van der Waals surface area contributed by atoms with Crippen LogP contribution in [0.15, 0.2) is 23.4 Å². The molecule has 0 aromatic heterocycles. The molecule has 4 heteroatoms. The third-order valence-electron chi connectivity index (χ3n) is 3.24. The zero-order valence-corrected chi connectivity index (χ0v) is 9.56. The molecule has 90 valence electrons. The topological polar surface area (TPSA) is 51.1 Å². The van der Waals surface area contributed by atoms with E-state index in [1.807, 2.05) is 18.2 Å². The van der Waals surface area contributed by atoms with Crippen molar-refractivity contribution in [2.45, 2.75) is 19.3 Å². The van der Waals surface area contributed by atoms with E-state index < -0.39 is 0 Å². The van der Waals surface area contributed by atoms with Gasteiger partial charge in [-0.25, -0.2) is 0 Å². The lowest BCUT2D eigenvalue weighted by molar-refractivity contribution is 0.299. The van der Waals surface area contributed by atoms with Crippen molar-refractivity contribution in [1.82, 2.24) is 0 Å². The van der Waals surface area contributed by atoms with Crippen LogP contribution in [0.3, 0.4) is 0 Å². The second kappa shape index (κ2) is 4.28. The Hall–Kier alpha value is -1.71. The molecule has 1 fully saturated rings. The predicted molar refractivity (Wildman–Crippen MR) is 63.1 cm³/mol. The van der Waals surface area contributed by atoms with E-state index in [1.54, 1.807) is 0 Å². The van der Waals surface area contributed by atoms with Gasteiger partial charge >= 0.3 is 0 Å². The van der Waals surface area contributed by atoms with Crippen LogP contribution in [0.2, 0.25) is 0 Å². The van der Waals surface area contributed by atoms with Crippen LogP contribution in [-0.2, 0) is 0 Å². The molecule has 0 saturated heterocycles. The lowest BCUT2D eigenvalue weighted by atomic mass is 10.1. The average molecular weight is 233 g/mol. The average Bonchev–Trinajstić information content (AvgIpc) is 3.08. The van der Waals surface area contributed by atoms with Gasteiger partial charge in [-0.2, -0.15) is 0 Å². The Morgan fingerprint density at radius 1 is 1.41 bits per heavy atom. The van der Waals surface area contributed by atoms with Crippen molar-refractivity contribution >= 4 is 5.71 Å². The Morgan fingerprint density at radius 3 is 3.06 bits per heavy atom. The highest BCUT2D eigenvalue weighted by molar-refractivity contribution is 6.05. The summed E-state index contributed by atoms with van der Waals surface area (Å²) in [4.78, 5) is 0.